The van der Waals surface area contributed by atoms with Crippen molar-refractivity contribution in [3.8, 4) is 0 Å². The normalized spacial score (nSPS) is 32.9. The van der Waals surface area contributed by atoms with Crippen molar-refractivity contribution in [1.82, 2.24) is 10.2 Å². The fraction of sp³-hybridized carbons (Fsp3) is 0.579. The first kappa shape index (κ1) is 13.5. The molecule has 1 saturated carbocycles. The molecule has 0 radical (unpaired) electrons. The van der Waals surface area contributed by atoms with Crippen molar-refractivity contribution in [1.29, 1.82) is 0 Å². The van der Waals surface area contributed by atoms with Crippen LogP contribution in [0, 0.1) is 11.8 Å². The molecule has 4 rings (SSSR count). The summed E-state index contributed by atoms with van der Waals surface area (Å²) in [6, 6.07) is 12.4. The Hall–Kier alpha value is -1.12. The second-order valence-electron chi connectivity index (χ2n) is 7.05. The maximum atomic E-state index is 3.93. The Balaban J connectivity index is 1.23. The molecule has 112 valence electrons. The Morgan fingerprint density at radius 3 is 2.67 bits per heavy atom. The number of nitrogens with one attached hydrogen (secondary N) is 1. The molecule has 2 aliphatic carbocycles. The minimum absolute atomic E-state index is 0.747. The number of hydrogen-bond acceptors (Lipinski definition) is 2. The van der Waals surface area contributed by atoms with Gasteiger partial charge in [0.05, 0.1) is 0 Å². The van der Waals surface area contributed by atoms with Crippen LogP contribution >= 0.6 is 0 Å². The highest BCUT2D eigenvalue weighted by Gasteiger charge is 2.41. The zero-order valence-electron chi connectivity index (χ0n) is 12.7. The van der Waals surface area contributed by atoms with Gasteiger partial charge in [-0.3, -0.25) is 4.90 Å². The monoisotopic (exact) mass is 282 g/mol. The maximum Gasteiger partial charge on any atom is 0.0233 e. The number of hydrogen-bond donors (Lipinski definition) is 1. The van der Waals surface area contributed by atoms with Gasteiger partial charge in [0.25, 0.3) is 0 Å². The summed E-state index contributed by atoms with van der Waals surface area (Å²) in [5.74, 6) is 1.83. The second-order valence-corrected chi connectivity index (χ2v) is 7.05. The fourth-order valence-electron chi connectivity index (χ4n) is 4.31. The minimum atomic E-state index is 0.747. The second kappa shape index (κ2) is 5.94. The smallest absolute Gasteiger partial charge is 0.0233 e. The van der Waals surface area contributed by atoms with Crippen LogP contribution in [0.3, 0.4) is 0 Å². The van der Waals surface area contributed by atoms with Crippen LogP contribution in [0.15, 0.2) is 42.5 Å². The van der Waals surface area contributed by atoms with Gasteiger partial charge in [0.15, 0.2) is 0 Å². The van der Waals surface area contributed by atoms with Gasteiger partial charge in [-0.2, -0.15) is 0 Å². The molecule has 3 unspecified atom stereocenters. The van der Waals surface area contributed by atoms with E-state index < -0.39 is 0 Å². The number of likely N-dealkylation sites (tertiary alicyclic amines) is 1. The van der Waals surface area contributed by atoms with E-state index in [1.165, 1.54) is 44.3 Å². The molecule has 3 atom stereocenters. The zero-order chi connectivity index (χ0) is 14.1. The largest absolute Gasteiger partial charge is 0.311 e. The Kier molecular flexibility index (Phi) is 3.83. The van der Waals surface area contributed by atoms with Crippen molar-refractivity contribution in [2.24, 2.45) is 11.8 Å². The molecule has 1 heterocycles. The Labute approximate surface area is 128 Å². The Bertz CT molecular complexity index is 488. The Morgan fingerprint density at radius 1 is 1.10 bits per heavy atom. The molecule has 1 aromatic carbocycles. The minimum Gasteiger partial charge on any atom is -0.311 e. The van der Waals surface area contributed by atoms with Crippen LogP contribution in [0.4, 0.5) is 0 Å². The van der Waals surface area contributed by atoms with E-state index in [-0.39, 0.29) is 0 Å². The topological polar surface area (TPSA) is 15.3 Å². The SMILES string of the molecule is C1=CC2C(C1)CC2NC1CCN(Cc2ccccc2)CC1. The van der Waals surface area contributed by atoms with Crippen LogP contribution in [0.5, 0.6) is 0 Å². The van der Waals surface area contributed by atoms with Gasteiger partial charge >= 0.3 is 0 Å². The maximum absolute atomic E-state index is 3.93. The molecule has 3 aliphatic rings. The van der Waals surface area contributed by atoms with E-state index in [0.29, 0.717) is 0 Å². The summed E-state index contributed by atoms with van der Waals surface area (Å²) in [6.07, 6.45) is 10.2. The summed E-state index contributed by atoms with van der Waals surface area (Å²) >= 11 is 0. The molecule has 0 amide bonds. The van der Waals surface area contributed by atoms with E-state index >= 15 is 0 Å². The first-order valence-electron chi connectivity index (χ1n) is 8.57. The summed E-state index contributed by atoms with van der Waals surface area (Å²) in [5, 5.41) is 3.93. The lowest BCUT2D eigenvalue weighted by Gasteiger charge is -2.44. The number of rotatable bonds is 4. The van der Waals surface area contributed by atoms with Crippen LogP contribution in [0.2, 0.25) is 0 Å². The summed E-state index contributed by atoms with van der Waals surface area (Å²) < 4.78 is 0. The van der Waals surface area contributed by atoms with Gasteiger partial charge in [-0.1, -0.05) is 42.5 Å². The summed E-state index contributed by atoms with van der Waals surface area (Å²) in [5.41, 5.74) is 1.45. The standard InChI is InChI=1S/C19H26N2/c1-2-5-15(6-3-1)14-21-11-9-17(10-12-21)20-19-13-16-7-4-8-18(16)19/h1-6,8,16-20H,7,9-14H2. The third kappa shape index (κ3) is 2.93. The summed E-state index contributed by atoms with van der Waals surface area (Å²) in [6.45, 7) is 3.59. The van der Waals surface area contributed by atoms with Crippen molar-refractivity contribution in [3.63, 3.8) is 0 Å². The van der Waals surface area contributed by atoms with Crippen LogP contribution < -0.4 is 5.32 Å². The van der Waals surface area contributed by atoms with E-state index in [2.05, 4.69) is 52.7 Å². The molecule has 2 fully saturated rings. The number of benzene rings is 1. The quantitative estimate of drug-likeness (QED) is 0.853. The van der Waals surface area contributed by atoms with E-state index in [9.17, 15) is 0 Å². The fourth-order valence-corrected chi connectivity index (χ4v) is 4.31. The molecule has 0 aromatic heterocycles. The molecule has 1 saturated heterocycles. The van der Waals surface area contributed by atoms with Crippen molar-refractivity contribution in [2.75, 3.05) is 13.1 Å². The van der Waals surface area contributed by atoms with Gasteiger partial charge in [-0.15, -0.1) is 0 Å². The van der Waals surface area contributed by atoms with Crippen LogP contribution in [-0.4, -0.2) is 30.1 Å². The van der Waals surface area contributed by atoms with Gasteiger partial charge in [-0.05, 0) is 56.2 Å². The molecule has 21 heavy (non-hydrogen) atoms. The molecule has 0 bridgehead atoms. The number of allylic oxidation sites excluding steroid dienone is 1. The van der Waals surface area contributed by atoms with E-state index in [4.69, 9.17) is 0 Å². The molecular weight excluding hydrogens is 256 g/mol. The third-order valence-corrected chi connectivity index (χ3v) is 5.65. The lowest BCUT2D eigenvalue weighted by molar-refractivity contribution is 0.120. The molecule has 1 aromatic rings. The molecule has 1 N–H and O–H groups in total. The van der Waals surface area contributed by atoms with Gasteiger partial charge in [0, 0.05) is 18.6 Å². The highest BCUT2D eigenvalue weighted by Crippen LogP contribution is 2.43. The van der Waals surface area contributed by atoms with Gasteiger partial charge in [-0.25, -0.2) is 0 Å². The lowest BCUT2D eigenvalue weighted by atomic mass is 9.71. The van der Waals surface area contributed by atoms with E-state index in [1.807, 2.05) is 0 Å². The number of nitrogens with zero attached hydrogens (tertiary/aromatic N) is 1. The molecular formula is C19H26N2. The van der Waals surface area contributed by atoms with Gasteiger partial charge in [0.2, 0.25) is 0 Å². The third-order valence-electron chi connectivity index (χ3n) is 5.65. The van der Waals surface area contributed by atoms with Gasteiger partial charge in [0.1, 0.15) is 0 Å². The van der Waals surface area contributed by atoms with Crippen molar-refractivity contribution in [3.05, 3.63) is 48.0 Å². The summed E-state index contributed by atoms with van der Waals surface area (Å²) in [7, 11) is 0. The van der Waals surface area contributed by atoms with Gasteiger partial charge < -0.3 is 5.32 Å². The van der Waals surface area contributed by atoms with Crippen LogP contribution in [-0.2, 0) is 6.54 Å². The molecule has 2 heteroatoms. The summed E-state index contributed by atoms with van der Waals surface area (Å²) in [4.78, 5) is 2.60. The van der Waals surface area contributed by atoms with Crippen LogP contribution in [0.25, 0.3) is 0 Å². The Morgan fingerprint density at radius 2 is 1.90 bits per heavy atom. The number of fused-ring (bicyclic) bond motifs is 1. The lowest BCUT2D eigenvalue weighted by Crippen LogP contribution is -2.54. The first-order valence-corrected chi connectivity index (χ1v) is 8.57. The molecule has 1 aliphatic heterocycles. The molecule has 2 nitrogen and oxygen atoms in total. The predicted molar refractivity (Wildman–Crippen MR) is 87.0 cm³/mol. The highest BCUT2D eigenvalue weighted by atomic mass is 15.1. The average molecular weight is 282 g/mol. The van der Waals surface area contributed by atoms with E-state index in [0.717, 1.165) is 30.5 Å². The highest BCUT2D eigenvalue weighted by molar-refractivity contribution is 5.15. The predicted octanol–water partition coefficient (Wildman–Crippen LogP) is 3.21. The first-order chi connectivity index (χ1) is 10.4. The van der Waals surface area contributed by atoms with Crippen molar-refractivity contribution >= 4 is 0 Å². The van der Waals surface area contributed by atoms with Crippen LogP contribution in [0.1, 0.15) is 31.2 Å². The van der Waals surface area contributed by atoms with Crippen molar-refractivity contribution in [2.45, 2.75) is 44.3 Å². The van der Waals surface area contributed by atoms with E-state index in [1.54, 1.807) is 0 Å². The average Bonchev–Trinajstić information content (AvgIpc) is 2.89. The van der Waals surface area contributed by atoms with Crippen molar-refractivity contribution < 1.29 is 0 Å². The zero-order valence-corrected chi connectivity index (χ0v) is 12.7. The number of piperidine rings is 1. The molecule has 0 spiro atoms.